The van der Waals surface area contributed by atoms with E-state index in [1.807, 2.05) is 6.07 Å². The van der Waals surface area contributed by atoms with Crippen LogP contribution in [0, 0.1) is 3.57 Å². The molecule has 0 aliphatic carbocycles. The van der Waals surface area contributed by atoms with Gasteiger partial charge < -0.3 is 15.5 Å². The van der Waals surface area contributed by atoms with Crippen molar-refractivity contribution in [2.75, 3.05) is 5.32 Å². The van der Waals surface area contributed by atoms with Gasteiger partial charge in [0.05, 0.1) is 17.3 Å². The maximum absolute atomic E-state index is 11.9. The van der Waals surface area contributed by atoms with Crippen molar-refractivity contribution in [3.05, 3.63) is 50.4 Å². The van der Waals surface area contributed by atoms with Gasteiger partial charge in [0.25, 0.3) is 5.91 Å². The third kappa shape index (κ3) is 3.04. The highest BCUT2D eigenvalue weighted by atomic mass is 127. The predicted octanol–water partition coefficient (Wildman–Crippen LogP) is 3.25. The molecule has 6 heteroatoms. The van der Waals surface area contributed by atoms with Gasteiger partial charge in [-0.15, -0.1) is 0 Å². The highest BCUT2D eigenvalue weighted by molar-refractivity contribution is 14.1. The minimum absolute atomic E-state index is 0.213. The third-order valence-corrected chi connectivity index (χ3v) is 3.26. The number of amides is 1. The molecule has 94 valence electrons. The molecule has 0 saturated carbocycles. The van der Waals surface area contributed by atoms with Gasteiger partial charge in [0.2, 0.25) is 0 Å². The summed E-state index contributed by atoms with van der Waals surface area (Å²) in [6, 6.07) is 8.63. The number of carbonyl (C=O) groups is 1. The first-order valence-electron chi connectivity index (χ1n) is 5.15. The van der Waals surface area contributed by atoms with Crippen LogP contribution in [0.1, 0.15) is 16.3 Å². The number of carbonyl (C=O) groups excluding carboxylic acids is 1. The van der Waals surface area contributed by atoms with Crippen LogP contribution in [0.2, 0.25) is 5.02 Å². The summed E-state index contributed by atoms with van der Waals surface area (Å²) in [7, 11) is 0. The fraction of sp³-hybridized carbons (Fsp3) is 0.0833. The van der Waals surface area contributed by atoms with Gasteiger partial charge in [-0.25, -0.2) is 0 Å². The van der Waals surface area contributed by atoms with E-state index in [-0.39, 0.29) is 18.2 Å². The Morgan fingerprint density at radius 1 is 1.39 bits per heavy atom. The van der Waals surface area contributed by atoms with Gasteiger partial charge in [-0.2, -0.15) is 0 Å². The molecule has 0 saturated heterocycles. The Balaban J connectivity index is 2.18. The Hall–Kier alpha value is -1.05. The Bertz CT molecular complexity index is 583. The summed E-state index contributed by atoms with van der Waals surface area (Å²) in [5.74, 6) is 0.429. The van der Waals surface area contributed by atoms with Crippen LogP contribution in [-0.4, -0.2) is 5.91 Å². The zero-order valence-electron chi connectivity index (χ0n) is 9.24. The molecule has 0 unspecified atom stereocenters. The number of nitrogens with two attached hydrogens (primary N) is 1. The Morgan fingerprint density at radius 3 is 2.83 bits per heavy atom. The molecule has 2 aromatic rings. The lowest BCUT2D eigenvalue weighted by Crippen LogP contribution is -2.11. The van der Waals surface area contributed by atoms with E-state index in [1.165, 1.54) is 0 Å². The van der Waals surface area contributed by atoms with Crippen molar-refractivity contribution in [1.82, 2.24) is 0 Å². The SMILES string of the molecule is NCc1ccc(C(=O)Nc2cc(I)ccc2Cl)o1. The standard InChI is InChI=1S/C12H10ClIN2O2/c13-9-3-1-7(14)5-10(9)16-12(17)11-4-2-8(6-15)18-11/h1-5H,6,15H2,(H,16,17). The second-order valence-corrected chi connectivity index (χ2v) is 5.20. The number of rotatable bonds is 3. The number of hydrogen-bond donors (Lipinski definition) is 2. The molecule has 2 rings (SSSR count). The lowest BCUT2D eigenvalue weighted by atomic mass is 10.3. The van der Waals surface area contributed by atoms with E-state index in [0.29, 0.717) is 16.5 Å². The quantitative estimate of drug-likeness (QED) is 0.808. The van der Waals surface area contributed by atoms with Crippen molar-refractivity contribution >= 4 is 45.8 Å². The van der Waals surface area contributed by atoms with Crippen LogP contribution < -0.4 is 11.1 Å². The fourth-order valence-electron chi connectivity index (χ4n) is 1.39. The molecule has 0 bridgehead atoms. The van der Waals surface area contributed by atoms with Crippen LogP contribution in [0.25, 0.3) is 0 Å². The Morgan fingerprint density at radius 2 is 2.17 bits per heavy atom. The number of nitrogens with one attached hydrogen (secondary N) is 1. The molecule has 1 aromatic heterocycles. The van der Waals surface area contributed by atoms with E-state index < -0.39 is 0 Å². The predicted molar refractivity (Wildman–Crippen MR) is 78.7 cm³/mol. The van der Waals surface area contributed by atoms with E-state index >= 15 is 0 Å². The molecular weight excluding hydrogens is 367 g/mol. The van der Waals surface area contributed by atoms with Crippen molar-refractivity contribution < 1.29 is 9.21 Å². The van der Waals surface area contributed by atoms with Crippen LogP contribution in [0.5, 0.6) is 0 Å². The first-order chi connectivity index (χ1) is 8.60. The highest BCUT2D eigenvalue weighted by Crippen LogP contribution is 2.24. The summed E-state index contributed by atoms with van der Waals surface area (Å²) >= 11 is 8.14. The topological polar surface area (TPSA) is 68.3 Å². The lowest BCUT2D eigenvalue weighted by Gasteiger charge is -2.06. The zero-order valence-corrected chi connectivity index (χ0v) is 12.2. The molecular formula is C12H10ClIN2O2. The monoisotopic (exact) mass is 376 g/mol. The van der Waals surface area contributed by atoms with Crippen molar-refractivity contribution in [3.63, 3.8) is 0 Å². The molecule has 18 heavy (non-hydrogen) atoms. The summed E-state index contributed by atoms with van der Waals surface area (Å²) in [5.41, 5.74) is 5.97. The maximum atomic E-state index is 11.9. The molecule has 0 spiro atoms. The van der Waals surface area contributed by atoms with Crippen LogP contribution in [0.3, 0.4) is 0 Å². The minimum atomic E-state index is -0.349. The Labute approximate surface area is 123 Å². The number of hydrogen-bond acceptors (Lipinski definition) is 3. The summed E-state index contributed by atoms with van der Waals surface area (Å²) < 4.78 is 6.24. The summed E-state index contributed by atoms with van der Waals surface area (Å²) in [4.78, 5) is 11.9. The van der Waals surface area contributed by atoms with Crippen molar-refractivity contribution in [2.45, 2.75) is 6.54 Å². The number of anilines is 1. The largest absolute Gasteiger partial charge is 0.455 e. The number of furan rings is 1. The van der Waals surface area contributed by atoms with Crippen LogP contribution >= 0.6 is 34.2 Å². The Kier molecular flexibility index (Phi) is 4.26. The summed E-state index contributed by atoms with van der Waals surface area (Å²) in [6.45, 7) is 0.261. The third-order valence-electron chi connectivity index (χ3n) is 2.26. The van der Waals surface area contributed by atoms with Crippen LogP contribution in [0.15, 0.2) is 34.7 Å². The molecule has 0 aliphatic heterocycles. The number of benzene rings is 1. The first-order valence-corrected chi connectivity index (χ1v) is 6.61. The molecule has 4 nitrogen and oxygen atoms in total. The van der Waals surface area contributed by atoms with Gasteiger partial charge >= 0.3 is 0 Å². The zero-order chi connectivity index (χ0) is 13.1. The molecule has 0 atom stereocenters. The molecule has 1 aromatic carbocycles. The van der Waals surface area contributed by atoms with Gasteiger partial charge in [0, 0.05) is 3.57 Å². The molecule has 0 aliphatic rings. The number of halogens is 2. The molecule has 0 radical (unpaired) electrons. The van der Waals surface area contributed by atoms with E-state index in [9.17, 15) is 4.79 Å². The van der Waals surface area contributed by atoms with E-state index in [1.54, 1.807) is 24.3 Å². The second-order valence-electron chi connectivity index (χ2n) is 3.55. The molecule has 0 fully saturated rings. The summed E-state index contributed by atoms with van der Waals surface area (Å²) in [6.07, 6.45) is 0. The average molecular weight is 377 g/mol. The van der Waals surface area contributed by atoms with E-state index in [0.717, 1.165) is 3.57 Å². The summed E-state index contributed by atoms with van der Waals surface area (Å²) in [5, 5.41) is 3.18. The highest BCUT2D eigenvalue weighted by Gasteiger charge is 2.12. The normalized spacial score (nSPS) is 10.4. The second kappa shape index (κ2) is 5.73. The van der Waals surface area contributed by atoms with Gasteiger partial charge in [0.15, 0.2) is 5.76 Å². The fourth-order valence-corrected chi connectivity index (χ4v) is 2.04. The van der Waals surface area contributed by atoms with Crippen LogP contribution in [-0.2, 0) is 6.54 Å². The van der Waals surface area contributed by atoms with Gasteiger partial charge in [-0.1, -0.05) is 11.6 Å². The molecule has 1 heterocycles. The minimum Gasteiger partial charge on any atom is -0.455 e. The lowest BCUT2D eigenvalue weighted by molar-refractivity contribution is 0.0995. The van der Waals surface area contributed by atoms with Crippen molar-refractivity contribution in [2.24, 2.45) is 5.73 Å². The smallest absolute Gasteiger partial charge is 0.291 e. The molecule has 1 amide bonds. The van der Waals surface area contributed by atoms with E-state index in [2.05, 4.69) is 27.9 Å². The molecule has 3 N–H and O–H groups in total. The van der Waals surface area contributed by atoms with Gasteiger partial charge in [0.1, 0.15) is 5.76 Å². The van der Waals surface area contributed by atoms with Gasteiger partial charge in [-0.05, 0) is 52.9 Å². The maximum Gasteiger partial charge on any atom is 0.291 e. The van der Waals surface area contributed by atoms with Crippen molar-refractivity contribution in [1.29, 1.82) is 0 Å². The average Bonchev–Trinajstić information content (AvgIpc) is 2.82. The first kappa shape index (κ1) is 13.4. The van der Waals surface area contributed by atoms with Crippen LogP contribution in [0.4, 0.5) is 5.69 Å². The van der Waals surface area contributed by atoms with Gasteiger partial charge in [-0.3, -0.25) is 4.79 Å². The van der Waals surface area contributed by atoms with Crippen molar-refractivity contribution in [3.8, 4) is 0 Å². The van der Waals surface area contributed by atoms with E-state index in [4.69, 9.17) is 21.8 Å².